The Morgan fingerprint density at radius 1 is 1.10 bits per heavy atom. The van der Waals surface area contributed by atoms with Crippen molar-refractivity contribution in [1.29, 1.82) is 0 Å². The van der Waals surface area contributed by atoms with Crippen molar-refractivity contribution in [2.75, 3.05) is 30.8 Å². The summed E-state index contributed by atoms with van der Waals surface area (Å²) >= 11 is 0. The second kappa shape index (κ2) is 7.26. The van der Waals surface area contributed by atoms with Crippen molar-refractivity contribution >= 4 is 11.9 Å². The first-order chi connectivity index (χ1) is 9.39. The van der Waals surface area contributed by atoms with Crippen LogP contribution in [0, 0.1) is 11.3 Å². The number of methoxy groups -OCH3 is 1. The fraction of sp³-hybridized carbons (Fsp3) is 0.786. The van der Waals surface area contributed by atoms with Gasteiger partial charge in [-0.15, -0.1) is 0 Å². The first-order valence-electron chi connectivity index (χ1n) is 7.17. The van der Waals surface area contributed by atoms with E-state index in [-0.39, 0.29) is 5.41 Å². The average molecular weight is 281 g/mol. The highest BCUT2D eigenvalue weighted by Gasteiger charge is 2.22. The van der Waals surface area contributed by atoms with Crippen molar-refractivity contribution in [2.24, 2.45) is 11.3 Å². The maximum Gasteiger partial charge on any atom is 0.322 e. The van der Waals surface area contributed by atoms with Gasteiger partial charge in [-0.2, -0.15) is 15.0 Å². The summed E-state index contributed by atoms with van der Waals surface area (Å²) < 4.78 is 5.11. The minimum atomic E-state index is 0.164. The summed E-state index contributed by atoms with van der Waals surface area (Å²) in [6.45, 7) is 12.6. The Hall–Kier alpha value is -1.59. The number of hydrogen-bond donors (Lipinski definition) is 2. The summed E-state index contributed by atoms with van der Waals surface area (Å²) in [5.74, 6) is 1.66. The van der Waals surface area contributed by atoms with Crippen molar-refractivity contribution < 1.29 is 4.74 Å². The molecule has 0 saturated carbocycles. The molecule has 1 aromatic heterocycles. The van der Waals surface area contributed by atoms with Gasteiger partial charge in [-0.3, -0.25) is 0 Å². The van der Waals surface area contributed by atoms with Gasteiger partial charge in [0.15, 0.2) is 0 Å². The third kappa shape index (κ3) is 4.83. The van der Waals surface area contributed by atoms with E-state index < -0.39 is 0 Å². The zero-order valence-corrected chi connectivity index (χ0v) is 13.4. The second-order valence-electron chi connectivity index (χ2n) is 5.89. The van der Waals surface area contributed by atoms with E-state index in [4.69, 9.17) is 4.74 Å². The number of ether oxygens (including phenoxy) is 1. The van der Waals surface area contributed by atoms with E-state index in [0.29, 0.717) is 23.8 Å². The van der Waals surface area contributed by atoms with Crippen molar-refractivity contribution in [2.45, 2.75) is 41.0 Å². The van der Waals surface area contributed by atoms with Gasteiger partial charge in [-0.1, -0.05) is 34.6 Å². The molecular weight excluding hydrogens is 254 g/mol. The SMILES string of the molecule is CCCNc1nc(NCC(C)(C)C(C)C)nc(OC)n1. The summed E-state index contributed by atoms with van der Waals surface area (Å²) in [5.41, 5.74) is 0.164. The molecule has 0 aliphatic heterocycles. The third-order valence-corrected chi connectivity index (χ3v) is 3.60. The van der Waals surface area contributed by atoms with E-state index in [2.05, 4.69) is 60.2 Å². The van der Waals surface area contributed by atoms with Crippen LogP contribution in [0.2, 0.25) is 0 Å². The highest BCUT2D eigenvalue weighted by Crippen LogP contribution is 2.26. The zero-order valence-electron chi connectivity index (χ0n) is 13.4. The molecule has 0 aliphatic carbocycles. The van der Waals surface area contributed by atoms with Gasteiger partial charge in [0.05, 0.1) is 7.11 Å². The van der Waals surface area contributed by atoms with Gasteiger partial charge in [0.2, 0.25) is 11.9 Å². The lowest BCUT2D eigenvalue weighted by Gasteiger charge is -2.29. The Labute approximate surface area is 121 Å². The van der Waals surface area contributed by atoms with Gasteiger partial charge in [0.25, 0.3) is 0 Å². The Kier molecular flexibility index (Phi) is 5.98. The van der Waals surface area contributed by atoms with Crippen LogP contribution in [-0.2, 0) is 0 Å². The van der Waals surface area contributed by atoms with Gasteiger partial charge in [-0.25, -0.2) is 0 Å². The molecule has 114 valence electrons. The summed E-state index contributed by atoms with van der Waals surface area (Å²) in [4.78, 5) is 12.8. The second-order valence-corrected chi connectivity index (χ2v) is 5.89. The molecule has 0 saturated heterocycles. The topological polar surface area (TPSA) is 72.0 Å². The largest absolute Gasteiger partial charge is 0.467 e. The smallest absolute Gasteiger partial charge is 0.322 e. The molecule has 0 unspecified atom stereocenters. The lowest BCUT2D eigenvalue weighted by atomic mass is 9.81. The molecule has 2 N–H and O–H groups in total. The van der Waals surface area contributed by atoms with E-state index in [1.807, 2.05) is 0 Å². The molecular formula is C14H27N5O. The first-order valence-corrected chi connectivity index (χ1v) is 7.17. The van der Waals surface area contributed by atoms with Crippen molar-refractivity contribution in [3.05, 3.63) is 0 Å². The Balaban J connectivity index is 2.78. The molecule has 6 heteroatoms. The van der Waals surface area contributed by atoms with Crippen LogP contribution in [0.5, 0.6) is 6.01 Å². The summed E-state index contributed by atoms with van der Waals surface area (Å²) in [5, 5.41) is 6.42. The van der Waals surface area contributed by atoms with Gasteiger partial charge in [-0.05, 0) is 17.8 Å². The maximum absolute atomic E-state index is 5.11. The maximum atomic E-state index is 5.11. The molecule has 0 radical (unpaired) electrons. The molecule has 0 bridgehead atoms. The summed E-state index contributed by atoms with van der Waals surface area (Å²) in [7, 11) is 1.56. The Morgan fingerprint density at radius 2 is 1.70 bits per heavy atom. The van der Waals surface area contributed by atoms with Crippen LogP contribution < -0.4 is 15.4 Å². The number of anilines is 2. The number of aromatic nitrogens is 3. The molecule has 0 fully saturated rings. The molecule has 0 aromatic carbocycles. The van der Waals surface area contributed by atoms with Gasteiger partial charge in [0.1, 0.15) is 0 Å². The van der Waals surface area contributed by atoms with E-state index in [0.717, 1.165) is 19.5 Å². The molecule has 1 rings (SSSR count). The number of nitrogens with one attached hydrogen (secondary N) is 2. The van der Waals surface area contributed by atoms with E-state index in [1.165, 1.54) is 0 Å². The fourth-order valence-electron chi connectivity index (χ4n) is 1.35. The normalized spacial score (nSPS) is 11.6. The minimum absolute atomic E-state index is 0.164. The lowest BCUT2D eigenvalue weighted by molar-refractivity contribution is 0.269. The predicted octanol–water partition coefficient (Wildman–Crippen LogP) is 2.80. The third-order valence-electron chi connectivity index (χ3n) is 3.60. The van der Waals surface area contributed by atoms with Crippen LogP contribution in [0.25, 0.3) is 0 Å². The van der Waals surface area contributed by atoms with Crippen LogP contribution >= 0.6 is 0 Å². The van der Waals surface area contributed by atoms with Gasteiger partial charge >= 0.3 is 6.01 Å². The van der Waals surface area contributed by atoms with E-state index in [1.54, 1.807) is 7.11 Å². The van der Waals surface area contributed by atoms with Gasteiger partial charge < -0.3 is 15.4 Å². The molecule has 6 nitrogen and oxygen atoms in total. The predicted molar refractivity (Wildman–Crippen MR) is 82.3 cm³/mol. The van der Waals surface area contributed by atoms with Crippen LogP contribution in [0.1, 0.15) is 41.0 Å². The first kappa shape index (κ1) is 16.5. The lowest BCUT2D eigenvalue weighted by Crippen LogP contribution is -2.29. The van der Waals surface area contributed by atoms with Crippen molar-refractivity contribution in [1.82, 2.24) is 15.0 Å². The number of rotatable bonds is 8. The van der Waals surface area contributed by atoms with Crippen LogP contribution in [0.15, 0.2) is 0 Å². The Morgan fingerprint density at radius 3 is 2.20 bits per heavy atom. The molecule has 0 aliphatic rings. The summed E-state index contributed by atoms with van der Waals surface area (Å²) in [6, 6.07) is 0.323. The monoisotopic (exact) mass is 281 g/mol. The molecule has 0 spiro atoms. The highest BCUT2D eigenvalue weighted by atomic mass is 16.5. The molecule has 0 amide bonds. The molecule has 0 atom stereocenters. The standard InChI is InChI=1S/C14H27N5O/c1-7-8-15-11-17-12(19-13(18-11)20-6)16-9-14(4,5)10(2)3/h10H,7-9H2,1-6H3,(H2,15,16,17,18,19). The highest BCUT2D eigenvalue weighted by molar-refractivity contribution is 5.36. The summed E-state index contributed by atoms with van der Waals surface area (Å²) in [6.07, 6.45) is 1.01. The minimum Gasteiger partial charge on any atom is -0.467 e. The quantitative estimate of drug-likeness (QED) is 0.763. The van der Waals surface area contributed by atoms with Crippen LogP contribution in [0.4, 0.5) is 11.9 Å². The molecule has 1 aromatic rings. The molecule has 20 heavy (non-hydrogen) atoms. The number of nitrogens with zero attached hydrogens (tertiary/aromatic N) is 3. The van der Waals surface area contributed by atoms with E-state index in [9.17, 15) is 0 Å². The van der Waals surface area contributed by atoms with Crippen molar-refractivity contribution in [3.8, 4) is 6.01 Å². The Bertz CT molecular complexity index is 420. The number of hydrogen-bond acceptors (Lipinski definition) is 6. The van der Waals surface area contributed by atoms with Crippen LogP contribution in [-0.4, -0.2) is 35.2 Å². The average Bonchev–Trinajstić information content (AvgIpc) is 2.42. The van der Waals surface area contributed by atoms with E-state index >= 15 is 0 Å². The zero-order chi connectivity index (χ0) is 15.2. The molecule has 1 heterocycles. The van der Waals surface area contributed by atoms with Gasteiger partial charge in [0, 0.05) is 13.1 Å². The van der Waals surface area contributed by atoms with Crippen molar-refractivity contribution in [3.63, 3.8) is 0 Å². The van der Waals surface area contributed by atoms with Crippen LogP contribution in [0.3, 0.4) is 0 Å². The fourth-order valence-corrected chi connectivity index (χ4v) is 1.35.